The van der Waals surface area contributed by atoms with Crippen molar-refractivity contribution in [2.75, 3.05) is 19.7 Å². The standard InChI is InChI=1S/C44H59N7O9/c1-40(2,29-23-25-11-15-27(29)16-12-25)43(34(45)52,36(54)59-38(47)56)49-20-7-9-32(49)51(31-19-22-58-42(31,5)6)33-10-8-21-50(33)44(35(46)53,37(55)60-39(48)57)41(3,4)30-24-26-13-17-28(30)18-14-26/h11-18,29-33H,7-10,19-24H2,1-6H3,(H2,45,52)(H2,46,53)(H2,47,56)(H2,48,57)/t29?,30?,31-,32?,33?,43+,44+/m1/s1. The summed E-state index contributed by atoms with van der Waals surface area (Å²) in [4.78, 5) is 89.5. The van der Waals surface area contributed by atoms with Crippen LogP contribution in [0.3, 0.4) is 0 Å². The third-order valence-corrected chi connectivity index (χ3v) is 15.0. The molecule has 16 nitrogen and oxygen atoms in total. The molecule has 0 aromatic heterocycles. The molecule has 4 aliphatic carbocycles. The van der Waals surface area contributed by atoms with Crippen molar-refractivity contribution in [2.24, 2.45) is 33.8 Å². The number of amides is 4. The molecule has 3 aliphatic heterocycles. The van der Waals surface area contributed by atoms with Crippen molar-refractivity contribution >= 4 is 35.9 Å². The SMILES string of the molecule is CC1(C)OCC[C@H]1N(C1CCCN1[C@@](C(N)=O)(C(=O)OC(N)=O)C(C)(C)C1Cc2ccc1cc2)C1CCCN1[C@@](C(N)=O)(C(=O)OC(N)=O)C(C)(C)C1Cc2ccc1cc2. The maximum absolute atomic E-state index is 14.9. The van der Waals surface area contributed by atoms with E-state index in [4.69, 9.17) is 37.1 Å². The van der Waals surface area contributed by atoms with Crippen LogP contribution in [0, 0.1) is 10.8 Å². The van der Waals surface area contributed by atoms with Gasteiger partial charge in [-0.2, -0.15) is 0 Å². The van der Waals surface area contributed by atoms with Crippen molar-refractivity contribution in [1.82, 2.24) is 14.7 Å². The number of nitrogens with two attached hydrogens (primary N) is 4. The summed E-state index contributed by atoms with van der Waals surface area (Å²) < 4.78 is 16.9. The number of fused-ring (bicyclic) bond motifs is 6. The monoisotopic (exact) mass is 829 g/mol. The van der Waals surface area contributed by atoms with Crippen LogP contribution in [-0.2, 0) is 46.2 Å². The summed E-state index contributed by atoms with van der Waals surface area (Å²) in [5.74, 6) is -5.23. The Bertz CT molecular complexity index is 1940. The molecule has 8 N–H and O–H groups in total. The van der Waals surface area contributed by atoms with Crippen molar-refractivity contribution in [2.45, 2.75) is 133 Å². The first-order chi connectivity index (χ1) is 28.1. The number of carbonyl (C=O) groups excluding carboxylic acids is 6. The zero-order valence-corrected chi connectivity index (χ0v) is 35.4. The fourth-order valence-electron chi connectivity index (χ4n) is 12.2. The fraction of sp³-hybridized carbons (Fsp3) is 0.591. The molecule has 60 heavy (non-hydrogen) atoms. The highest BCUT2D eigenvalue weighted by atomic mass is 16.6. The van der Waals surface area contributed by atoms with E-state index in [9.17, 15) is 28.8 Å². The summed E-state index contributed by atoms with van der Waals surface area (Å²) in [6.07, 6.45) is -1.07. The third kappa shape index (κ3) is 6.40. The zero-order chi connectivity index (χ0) is 43.7. The highest BCUT2D eigenvalue weighted by molar-refractivity contribution is 6.11. The molecule has 9 rings (SSSR count). The molecule has 2 aromatic rings. The molecule has 4 amide bonds. The van der Waals surface area contributed by atoms with Crippen molar-refractivity contribution in [3.8, 4) is 0 Å². The first kappa shape index (κ1) is 43.2. The number of hydrogen-bond acceptors (Lipinski definition) is 12. The van der Waals surface area contributed by atoms with Gasteiger partial charge in [0.2, 0.25) is 22.9 Å². The minimum atomic E-state index is -2.27. The summed E-state index contributed by atoms with van der Waals surface area (Å²) in [5, 5.41) is 0. The number of benzene rings is 2. The lowest BCUT2D eigenvalue weighted by Gasteiger charge is -2.59. The maximum atomic E-state index is 14.9. The van der Waals surface area contributed by atoms with Gasteiger partial charge in [-0.25, -0.2) is 19.2 Å². The average Bonchev–Trinajstić information content (AvgIpc) is 3.94. The van der Waals surface area contributed by atoms with Crippen molar-refractivity contribution in [3.05, 3.63) is 70.8 Å². The van der Waals surface area contributed by atoms with Gasteiger partial charge >= 0.3 is 24.1 Å². The van der Waals surface area contributed by atoms with Crippen LogP contribution < -0.4 is 22.9 Å². The van der Waals surface area contributed by atoms with Crippen LogP contribution in [0.25, 0.3) is 0 Å². The van der Waals surface area contributed by atoms with Gasteiger partial charge in [-0.05, 0) is 92.9 Å². The second-order valence-corrected chi connectivity index (χ2v) is 18.8. The Balaban J connectivity index is 1.43. The molecule has 3 saturated heterocycles. The van der Waals surface area contributed by atoms with Gasteiger partial charge in [0.1, 0.15) is 0 Å². The Morgan fingerprint density at radius 1 is 0.650 bits per heavy atom. The number of rotatable bonds is 13. The van der Waals surface area contributed by atoms with E-state index in [2.05, 4.69) is 4.90 Å². The van der Waals surface area contributed by atoms with Crippen LogP contribution in [-0.4, -0.2) is 105 Å². The Hall–Kier alpha value is -4.90. The minimum absolute atomic E-state index is 0.181. The zero-order valence-electron chi connectivity index (χ0n) is 35.4. The Morgan fingerprint density at radius 3 is 1.32 bits per heavy atom. The molecule has 2 aromatic carbocycles. The number of esters is 2. The molecule has 3 heterocycles. The number of nitrogens with zero attached hydrogens (tertiary/aromatic N) is 3. The smallest absolute Gasteiger partial charge is 0.375 e. The first-order valence-electron chi connectivity index (χ1n) is 20.9. The predicted octanol–water partition coefficient (Wildman–Crippen LogP) is 3.12. The van der Waals surface area contributed by atoms with E-state index in [1.165, 1.54) is 0 Å². The van der Waals surface area contributed by atoms with Gasteiger partial charge in [0.15, 0.2) is 0 Å². The van der Waals surface area contributed by atoms with Crippen LogP contribution >= 0.6 is 0 Å². The van der Waals surface area contributed by atoms with E-state index in [0.29, 0.717) is 51.6 Å². The lowest BCUT2D eigenvalue weighted by molar-refractivity contribution is -0.192. The second kappa shape index (κ2) is 15.2. The average molecular weight is 830 g/mol. The van der Waals surface area contributed by atoms with E-state index in [-0.39, 0.29) is 13.1 Å². The summed E-state index contributed by atoms with van der Waals surface area (Å²) in [6.45, 7) is 11.8. The number of likely N-dealkylation sites (tertiary alicyclic amines) is 2. The van der Waals surface area contributed by atoms with Gasteiger partial charge < -0.3 is 37.1 Å². The molecule has 16 heteroatoms. The van der Waals surface area contributed by atoms with Gasteiger partial charge in [-0.15, -0.1) is 0 Å². The van der Waals surface area contributed by atoms with Gasteiger partial charge in [-0.1, -0.05) is 76.2 Å². The number of primary amides is 4. The quantitative estimate of drug-likeness (QED) is 0.168. The predicted molar refractivity (Wildman–Crippen MR) is 218 cm³/mol. The van der Waals surface area contributed by atoms with Crippen LogP contribution in [0.2, 0.25) is 0 Å². The van der Waals surface area contributed by atoms with E-state index >= 15 is 0 Å². The molecule has 4 unspecified atom stereocenters. The number of ether oxygens (including phenoxy) is 3. The van der Waals surface area contributed by atoms with Crippen LogP contribution in [0.15, 0.2) is 48.5 Å². The molecular weight excluding hydrogens is 771 g/mol. The second-order valence-electron chi connectivity index (χ2n) is 18.8. The van der Waals surface area contributed by atoms with E-state index in [0.717, 1.165) is 22.3 Å². The Morgan fingerprint density at radius 2 is 1.03 bits per heavy atom. The van der Waals surface area contributed by atoms with Gasteiger partial charge in [0.25, 0.3) is 0 Å². The van der Waals surface area contributed by atoms with Crippen LogP contribution in [0.1, 0.15) is 108 Å². The van der Waals surface area contributed by atoms with E-state index in [1.54, 1.807) is 37.5 Å². The molecule has 7 atom stereocenters. The molecule has 324 valence electrons. The topological polar surface area (TPSA) is 244 Å². The number of hydrogen-bond donors (Lipinski definition) is 4. The summed E-state index contributed by atoms with van der Waals surface area (Å²) >= 11 is 0. The van der Waals surface area contributed by atoms with Gasteiger partial charge in [-0.3, -0.25) is 24.3 Å². The Labute approximate surface area is 350 Å². The minimum Gasteiger partial charge on any atom is -0.375 e. The van der Waals surface area contributed by atoms with Crippen molar-refractivity contribution in [1.29, 1.82) is 0 Å². The molecular formula is C44H59N7O9. The first-order valence-corrected chi connectivity index (χ1v) is 20.9. The van der Waals surface area contributed by atoms with Crippen LogP contribution in [0.5, 0.6) is 0 Å². The van der Waals surface area contributed by atoms with Gasteiger partial charge in [0.05, 0.1) is 17.9 Å². The normalized spacial score (nSPS) is 27.0. The van der Waals surface area contributed by atoms with Crippen molar-refractivity contribution in [3.63, 3.8) is 0 Å². The summed E-state index contributed by atoms with van der Waals surface area (Å²) in [5.41, 5.74) is 19.9. The lowest BCUT2D eigenvalue weighted by Crippen LogP contribution is -2.78. The Kier molecular flexibility index (Phi) is 11.0. The molecule has 3 fully saturated rings. The fourth-order valence-corrected chi connectivity index (χ4v) is 12.2. The number of carbonyl (C=O) groups is 6. The highest BCUT2D eigenvalue weighted by Crippen LogP contribution is 2.56. The summed E-state index contributed by atoms with van der Waals surface area (Å²) in [6, 6.07) is 15.3. The van der Waals surface area contributed by atoms with Crippen molar-refractivity contribution < 1.29 is 43.0 Å². The third-order valence-electron chi connectivity index (χ3n) is 15.0. The highest BCUT2D eigenvalue weighted by Gasteiger charge is 2.70. The van der Waals surface area contributed by atoms with Gasteiger partial charge in [0, 0.05) is 36.6 Å². The molecule has 0 saturated carbocycles. The van der Waals surface area contributed by atoms with Crippen LogP contribution in [0.4, 0.5) is 9.59 Å². The van der Waals surface area contributed by atoms with E-state index < -0.39 is 93.7 Å². The summed E-state index contributed by atoms with van der Waals surface area (Å²) in [7, 11) is 0. The largest absolute Gasteiger partial charge is 0.412 e. The molecule has 4 bridgehead atoms. The lowest BCUT2D eigenvalue weighted by atomic mass is 9.58. The van der Waals surface area contributed by atoms with E-state index in [1.807, 2.05) is 62.4 Å². The molecule has 0 spiro atoms. The molecule has 0 radical (unpaired) electrons. The maximum Gasteiger partial charge on any atom is 0.412 e. The molecule has 7 aliphatic rings.